The van der Waals surface area contributed by atoms with Crippen molar-refractivity contribution < 1.29 is 4.79 Å². The Labute approximate surface area is 152 Å². The highest BCUT2D eigenvalue weighted by atomic mass is 32.1. The fraction of sp³-hybridized carbons (Fsp3) is 0.500. The number of rotatable bonds is 3. The second-order valence-corrected chi connectivity index (χ2v) is 8.42. The molecule has 2 bridgehead atoms. The molecule has 3 N–H and O–H groups in total. The van der Waals surface area contributed by atoms with Crippen molar-refractivity contribution >= 4 is 22.9 Å². The molecular weight excluding hydrogens is 330 g/mol. The Balaban J connectivity index is 1.46. The third-order valence-corrected chi connectivity index (χ3v) is 6.79. The summed E-state index contributed by atoms with van der Waals surface area (Å²) in [6.45, 7) is 2.00. The van der Waals surface area contributed by atoms with E-state index in [1.165, 1.54) is 19.3 Å². The number of hydrogen-bond acceptors (Lipinski definition) is 4. The first-order chi connectivity index (χ1) is 12.1. The van der Waals surface area contributed by atoms with Crippen LogP contribution in [-0.4, -0.2) is 16.9 Å². The van der Waals surface area contributed by atoms with Crippen molar-refractivity contribution in [2.45, 2.75) is 45.1 Å². The minimum absolute atomic E-state index is 0.0980. The van der Waals surface area contributed by atoms with E-state index < -0.39 is 0 Å². The first-order valence-corrected chi connectivity index (χ1v) is 10.1. The van der Waals surface area contributed by atoms with Crippen LogP contribution in [0.2, 0.25) is 0 Å². The Hall–Kier alpha value is -1.72. The van der Waals surface area contributed by atoms with E-state index in [0.717, 1.165) is 34.8 Å². The Kier molecular flexibility index (Phi) is 4.61. The number of fused-ring (bicyclic) bond motifs is 2. The summed E-state index contributed by atoms with van der Waals surface area (Å²) in [5.74, 6) is 1.29. The summed E-state index contributed by atoms with van der Waals surface area (Å²) in [6.07, 6.45) is 5.51. The lowest BCUT2D eigenvalue weighted by Crippen LogP contribution is -2.48. The molecule has 2 unspecified atom stereocenters. The van der Waals surface area contributed by atoms with Crippen LogP contribution in [0.5, 0.6) is 0 Å². The monoisotopic (exact) mass is 355 g/mol. The smallest absolute Gasteiger partial charge is 0.227 e. The van der Waals surface area contributed by atoms with E-state index in [-0.39, 0.29) is 11.8 Å². The molecule has 132 valence electrons. The topological polar surface area (TPSA) is 68.0 Å². The molecular formula is C20H25N3OS. The van der Waals surface area contributed by atoms with E-state index in [9.17, 15) is 4.79 Å². The number of nitrogens with two attached hydrogens (primary N) is 1. The van der Waals surface area contributed by atoms with Crippen molar-refractivity contribution in [2.75, 3.05) is 5.32 Å². The van der Waals surface area contributed by atoms with Crippen LogP contribution in [0.3, 0.4) is 0 Å². The van der Waals surface area contributed by atoms with Gasteiger partial charge in [-0.25, -0.2) is 4.98 Å². The van der Waals surface area contributed by atoms with Gasteiger partial charge in [-0.2, -0.15) is 0 Å². The van der Waals surface area contributed by atoms with Crippen molar-refractivity contribution in [3.05, 3.63) is 35.3 Å². The van der Waals surface area contributed by atoms with Crippen LogP contribution < -0.4 is 11.1 Å². The molecule has 4 rings (SSSR count). The molecule has 2 saturated carbocycles. The van der Waals surface area contributed by atoms with Gasteiger partial charge in [0, 0.05) is 34.3 Å². The van der Waals surface area contributed by atoms with E-state index in [1.54, 1.807) is 11.3 Å². The zero-order valence-corrected chi connectivity index (χ0v) is 15.4. The van der Waals surface area contributed by atoms with Crippen LogP contribution in [-0.2, 0) is 4.79 Å². The number of carbonyl (C=O) groups is 1. The quantitative estimate of drug-likeness (QED) is 0.866. The molecule has 0 saturated heterocycles. The molecule has 1 heterocycles. The maximum Gasteiger partial charge on any atom is 0.227 e. The van der Waals surface area contributed by atoms with Crippen molar-refractivity contribution in [3.8, 4) is 10.6 Å². The van der Waals surface area contributed by atoms with Crippen molar-refractivity contribution in [1.82, 2.24) is 4.98 Å². The molecule has 2 atom stereocenters. The van der Waals surface area contributed by atoms with E-state index in [2.05, 4.69) is 10.3 Å². The fourth-order valence-electron chi connectivity index (χ4n) is 4.46. The number of hydrogen-bond donors (Lipinski definition) is 2. The number of amides is 1. The number of aromatic nitrogens is 1. The summed E-state index contributed by atoms with van der Waals surface area (Å²) < 4.78 is 0. The van der Waals surface area contributed by atoms with Crippen LogP contribution in [0, 0.1) is 24.7 Å². The molecule has 2 fully saturated rings. The van der Waals surface area contributed by atoms with Gasteiger partial charge in [0.05, 0.1) is 0 Å². The molecule has 4 nitrogen and oxygen atoms in total. The maximum atomic E-state index is 12.8. The van der Waals surface area contributed by atoms with E-state index in [4.69, 9.17) is 5.73 Å². The van der Waals surface area contributed by atoms with Gasteiger partial charge in [0.15, 0.2) is 0 Å². The summed E-state index contributed by atoms with van der Waals surface area (Å²) in [7, 11) is 0. The third kappa shape index (κ3) is 3.48. The molecule has 2 aliphatic carbocycles. The molecule has 0 radical (unpaired) electrons. The van der Waals surface area contributed by atoms with Gasteiger partial charge in [0.1, 0.15) is 5.01 Å². The lowest BCUT2D eigenvalue weighted by atomic mass is 9.65. The van der Waals surface area contributed by atoms with Gasteiger partial charge in [-0.05, 0) is 56.6 Å². The number of benzene rings is 1. The predicted octanol–water partition coefficient (Wildman–Crippen LogP) is 4.21. The summed E-state index contributed by atoms with van der Waals surface area (Å²) in [4.78, 5) is 17.3. The Morgan fingerprint density at radius 2 is 2.04 bits per heavy atom. The van der Waals surface area contributed by atoms with Crippen molar-refractivity contribution in [2.24, 2.45) is 23.5 Å². The maximum absolute atomic E-state index is 12.8. The number of carbonyl (C=O) groups excluding carboxylic acids is 1. The highest BCUT2D eigenvalue weighted by molar-refractivity contribution is 7.13. The molecule has 0 spiro atoms. The number of anilines is 1. The van der Waals surface area contributed by atoms with Crippen molar-refractivity contribution in [1.29, 1.82) is 0 Å². The number of aryl methyl sites for hydroxylation is 1. The lowest BCUT2D eigenvalue weighted by Gasteiger charge is -2.43. The summed E-state index contributed by atoms with van der Waals surface area (Å²) in [5, 5.41) is 6.17. The van der Waals surface area contributed by atoms with E-state index in [1.807, 2.05) is 36.6 Å². The highest BCUT2D eigenvalue weighted by Gasteiger charge is 2.40. The van der Waals surface area contributed by atoms with Gasteiger partial charge >= 0.3 is 0 Å². The minimum Gasteiger partial charge on any atom is -0.327 e. The Morgan fingerprint density at radius 1 is 1.28 bits per heavy atom. The molecule has 0 aliphatic heterocycles. The Morgan fingerprint density at radius 3 is 2.72 bits per heavy atom. The van der Waals surface area contributed by atoms with E-state index >= 15 is 0 Å². The second-order valence-electron chi connectivity index (χ2n) is 7.56. The molecule has 2 aromatic rings. The number of nitrogens with one attached hydrogen (secondary N) is 1. The zero-order chi connectivity index (χ0) is 17.4. The molecule has 1 aromatic carbocycles. The first-order valence-electron chi connectivity index (χ1n) is 9.19. The molecule has 1 aromatic heterocycles. The van der Waals surface area contributed by atoms with Gasteiger partial charge in [-0.15, -0.1) is 11.3 Å². The molecule has 5 heteroatoms. The number of nitrogens with zero attached hydrogens (tertiary/aromatic N) is 1. The molecule has 25 heavy (non-hydrogen) atoms. The largest absolute Gasteiger partial charge is 0.327 e. The van der Waals surface area contributed by atoms with Crippen LogP contribution in [0.1, 0.15) is 37.8 Å². The average molecular weight is 356 g/mol. The fourth-order valence-corrected chi connectivity index (χ4v) is 5.26. The van der Waals surface area contributed by atoms with Crippen LogP contribution in [0.25, 0.3) is 10.6 Å². The van der Waals surface area contributed by atoms with Gasteiger partial charge in [-0.1, -0.05) is 18.6 Å². The van der Waals surface area contributed by atoms with Gasteiger partial charge in [-0.3, -0.25) is 4.79 Å². The van der Waals surface area contributed by atoms with Crippen molar-refractivity contribution in [3.63, 3.8) is 0 Å². The third-order valence-electron chi connectivity index (χ3n) is 5.78. The second kappa shape index (κ2) is 6.89. The van der Waals surface area contributed by atoms with Crippen LogP contribution in [0.15, 0.2) is 29.6 Å². The first kappa shape index (κ1) is 16.7. The summed E-state index contributed by atoms with van der Waals surface area (Å²) in [5.41, 5.74) is 9.29. The van der Waals surface area contributed by atoms with Crippen LogP contribution >= 0.6 is 11.3 Å². The van der Waals surface area contributed by atoms with Crippen LogP contribution in [0.4, 0.5) is 5.69 Å². The summed E-state index contributed by atoms with van der Waals surface area (Å²) >= 11 is 1.63. The normalized spacial score (nSPS) is 28.6. The predicted molar refractivity (Wildman–Crippen MR) is 102 cm³/mol. The standard InChI is InChI=1S/C20H25N3OS/c1-12-11-25-20(22-12)15-6-3-7-17(10-15)23-19(24)16-8-13-4-2-5-14(9-16)18(13)21/h3,6-7,10-11,13-14,16,18H,2,4-5,8-9,21H2,1H3,(H,23,24). The lowest BCUT2D eigenvalue weighted by molar-refractivity contribution is -0.122. The number of thiazole rings is 1. The van der Waals surface area contributed by atoms with Gasteiger partial charge in [0.25, 0.3) is 0 Å². The van der Waals surface area contributed by atoms with Gasteiger partial charge < -0.3 is 11.1 Å². The molecule has 1 amide bonds. The average Bonchev–Trinajstić information content (AvgIpc) is 3.01. The summed E-state index contributed by atoms with van der Waals surface area (Å²) in [6, 6.07) is 8.29. The zero-order valence-electron chi connectivity index (χ0n) is 14.6. The SMILES string of the molecule is Cc1csc(-c2cccc(NC(=O)C3CC4CCCC(C3)C4N)c2)n1. The van der Waals surface area contributed by atoms with Gasteiger partial charge in [0.2, 0.25) is 5.91 Å². The van der Waals surface area contributed by atoms with E-state index in [0.29, 0.717) is 17.9 Å². The minimum atomic E-state index is 0.0980. The highest BCUT2D eigenvalue weighted by Crippen LogP contribution is 2.42. The Bertz CT molecular complexity index is 758. The molecule has 2 aliphatic rings.